The van der Waals surface area contributed by atoms with E-state index in [1.807, 2.05) is 16.8 Å². The molecule has 19 heavy (non-hydrogen) atoms. The molecule has 0 saturated carbocycles. The Morgan fingerprint density at radius 2 is 2.21 bits per heavy atom. The van der Waals surface area contributed by atoms with Crippen molar-refractivity contribution in [1.29, 1.82) is 0 Å². The first kappa shape index (κ1) is 13.5. The molecular weight excluding hydrogens is 282 g/mol. The van der Waals surface area contributed by atoms with Crippen LogP contribution in [-0.2, 0) is 11.3 Å². The molecule has 2 N–H and O–H groups in total. The smallest absolute Gasteiger partial charge is 0.328 e. The maximum absolute atomic E-state index is 11.8. The van der Waals surface area contributed by atoms with Crippen LogP contribution in [0.1, 0.15) is 20.8 Å². The van der Waals surface area contributed by atoms with Crippen molar-refractivity contribution in [3.63, 3.8) is 0 Å². The number of hydrogen-bond acceptors (Lipinski definition) is 4. The molecule has 0 spiro atoms. The number of carboxylic acids is 1. The second-order valence-electron chi connectivity index (χ2n) is 3.72. The van der Waals surface area contributed by atoms with Gasteiger partial charge in [-0.2, -0.15) is 11.3 Å². The van der Waals surface area contributed by atoms with Crippen molar-refractivity contribution < 1.29 is 14.7 Å². The van der Waals surface area contributed by atoms with E-state index in [0.29, 0.717) is 12.1 Å². The predicted octanol–water partition coefficient (Wildman–Crippen LogP) is 2.84. The lowest BCUT2D eigenvalue weighted by molar-refractivity contribution is -0.131. The van der Waals surface area contributed by atoms with E-state index in [9.17, 15) is 9.59 Å². The SMILES string of the molecule is O=C(O)C=Cc1cc(C(=O)NCc2ccsc2)cs1. The topological polar surface area (TPSA) is 66.4 Å². The summed E-state index contributed by atoms with van der Waals surface area (Å²) < 4.78 is 0. The van der Waals surface area contributed by atoms with Crippen molar-refractivity contribution in [2.45, 2.75) is 6.54 Å². The summed E-state index contributed by atoms with van der Waals surface area (Å²) in [6, 6.07) is 3.63. The third-order valence-corrected chi connectivity index (χ3v) is 3.94. The van der Waals surface area contributed by atoms with Gasteiger partial charge in [-0.25, -0.2) is 4.79 Å². The lowest BCUT2D eigenvalue weighted by Gasteiger charge is -2.00. The third-order valence-electron chi connectivity index (χ3n) is 2.31. The van der Waals surface area contributed by atoms with Crippen LogP contribution < -0.4 is 5.32 Å². The summed E-state index contributed by atoms with van der Waals surface area (Å²) in [7, 11) is 0. The van der Waals surface area contributed by atoms with Crippen molar-refractivity contribution in [1.82, 2.24) is 5.32 Å². The molecule has 0 saturated heterocycles. The first-order chi connectivity index (χ1) is 9.15. The van der Waals surface area contributed by atoms with Gasteiger partial charge in [0.25, 0.3) is 5.91 Å². The standard InChI is InChI=1S/C13H11NO3S2/c15-12(16)2-1-11-5-10(8-19-11)13(17)14-6-9-3-4-18-7-9/h1-5,7-8H,6H2,(H,14,17)(H,15,16). The van der Waals surface area contributed by atoms with Crippen LogP contribution in [-0.4, -0.2) is 17.0 Å². The van der Waals surface area contributed by atoms with E-state index in [-0.39, 0.29) is 5.91 Å². The van der Waals surface area contributed by atoms with E-state index >= 15 is 0 Å². The van der Waals surface area contributed by atoms with Crippen molar-refractivity contribution in [3.8, 4) is 0 Å². The summed E-state index contributed by atoms with van der Waals surface area (Å²) in [6.45, 7) is 0.498. The average Bonchev–Trinajstić information content (AvgIpc) is 3.04. The number of hydrogen-bond donors (Lipinski definition) is 2. The molecule has 4 nitrogen and oxygen atoms in total. The normalized spacial score (nSPS) is 10.7. The summed E-state index contributed by atoms with van der Waals surface area (Å²) in [5.74, 6) is -1.16. The quantitative estimate of drug-likeness (QED) is 0.833. The first-order valence-corrected chi connectivity index (χ1v) is 7.26. The predicted molar refractivity (Wildman–Crippen MR) is 76.5 cm³/mol. The summed E-state index contributed by atoms with van der Waals surface area (Å²) in [5, 5.41) is 17.0. The minimum Gasteiger partial charge on any atom is -0.478 e. The number of thiophene rings is 2. The lowest BCUT2D eigenvalue weighted by Crippen LogP contribution is -2.21. The molecule has 6 heteroatoms. The molecule has 0 bridgehead atoms. The number of amides is 1. The van der Waals surface area contributed by atoms with Crippen LogP contribution in [0, 0.1) is 0 Å². The fourth-order valence-corrected chi connectivity index (χ4v) is 2.84. The molecule has 1 amide bonds. The average molecular weight is 293 g/mol. The highest BCUT2D eigenvalue weighted by molar-refractivity contribution is 7.11. The zero-order chi connectivity index (χ0) is 13.7. The van der Waals surface area contributed by atoms with Gasteiger partial charge in [-0.3, -0.25) is 4.79 Å². The Bertz CT molecular complexity index is 599. The largest absolute Gasteiger partial charge is 0.478 e. The van der Waals surface area contributed by atoms with Gasteiger partial charge in [-0.15, -0.1) is 11.3 Å². The Balaban J connectivity index is 1.94. The number of carbonyl (C=O) groups excluding carboxylic acids is 1. The van der Waals surface area contributed by atoms with Crippen LogP contribution in [0.15, 0.2) is 34.3 Å². The van der Waals surface area contributed by atoms with E-state index < -0.39 is 5.97 Å². The molecule has 98 valence electrons. The molecule has 0 radical (unpaired) electrons. The van der Waals surface area contributed by atoms with Gasteiger partial charge in [0.15, 0.2) is 0 Å². The summed E-state index contributed by atoms with van der Waals surface area (Å²) in [5.41, 5.74) is 1.62. The van der Waals surface area contributed by atoms with Gasteiger partial charge in [0.1, 0.15) is 0 Å². The summed E-state index contributed by atoms with van der Waals surface area (Å²) in [6.07, 6.45) is 2.53. The lowest BCUT2D eigenvalue weighted by atomic mass is 10.2. The van der Waals surface area contributed by atoms with Crippen LogP contribution in [0.3, 0.4) is 0 Å². The van der Waals surface area contributed by atoms with Gasteiger partial charge in [-0.05, 0) is 34.5 Å². The van der Waals surface area contributed by atoms with Gasteiger partial charge in [0, 0.05) is 22.9 Å². The Hall–Kier alpha value is -1.92. The van der Waals surface area contributed by atoms with Gasteiger partial charge >= 0.3 is 5.97 Å². The zero-order valence-electron chi connectivity index (χ0n) is 9.83. The van der Waals surface area contributed by atoms with Gasteiger partial charge < -0.3 is 10.4 Å². The van der Waals surface area contributed by atoms with Crippen molar-refractivity contribution in [3.05, 3.63) is 50.4 Å². The molecule has 2 aromatic rings. The Morgan fingerprint density at radius 3 is 2.89 bits per heavy atom. The van der Waals surface area contributed by atoms with Crippen molar-refractivity contribution in [2.75, 3.05) is 0 Å². The summed E-state index contributed by atoms with van der Waals surface area (Å²) in [4.78, 5) is 23.0. The van der Waals surface area contributed by atoms with E-state index in [4.69, 9.17) is 5.11 Å². The number of nitrogens with one attached hydrogen (secondary N) is 1. The van der Waals surface area contributed by atoms with E-state index in [1.165, 1.54) is 17.4 Å². The molecule has 0 atom stereocenters. The Labute approximate surface area is 118 Å². The zero-order valence-corrected chi connectivity index (χ0v) is 11.5. The fourth-order valence-electron chi connectivity index (χ4n) is 1.39. The van der Waals surface area contributed by atoms with Gasteiger partial charge in [0.05, 0.1) is 5.56 Å². The number of carbonyl (C=O) groups is 2. The van der Waals surface area contributed by atoms with Crippen LogP contribution in [0.5, 0.6) is 0 Å². The highest BCUT2D eigenvalue weighted by Crippen LogP contribution is 2.16. The molecule has 0 unspecified atom stereocenters. The van der Waals surface area contributed by atoms with Crippen LogP contribution in [0.4, 0.5) is 0 Å². The molecule has 0 aromatic carbocycles. The number of rotatable bonds is 5. The molecule has 0 aliphatic rings. The van der Waals surface area contributed by atoms with Crippen LogP contribution in [0.2, 0.25) is 0 Å². The highest BCUT2D eigenvalue weighted by atomic mass is 32.1. The molecule has 2 heterocycles. The van der Waals surface area contributed by atoms with E-state index in [2.05, 4.69) is 5.32 Å². The second kappa shape index (κ2) is 6.31. The number of aliphatic carboxylic acids is 1. The molecule has 2 rings (SSSR count). The minimum atomic E-state index is -1.00. The fraction of sp³-hybridized carbons (Fsp3) is 0.0769. The van der Waals surface area contributed by atoms with Crippen molar-refractivity contribution in [2.24, 2.45) is 0 Å². The Kier molecular flexibility index (Phi) is 4.48. The molecular formula is C13H11NO3S2. The molecule has 2 aromatic heterocycles. The van der Waals surface area contributed by atoms with Gasteiger partial charge in [-0.1, -0.05) is 0 Å². The number of carboxylic acid groups (broad SMARTS) is 1. The maximum Gasteiger partial charge on any atom is 0.328 e. The molecule has 0 aliphatic heterocycles. The highest BCUT2D eigenvalue weighted by Gasteiger charge is 2.07. The van der Waals surface area contributed by atoms with E-state index in [1.54, 1.807) is 22.8 Å². The van der Waals surface area contributed by atoms with Crippen LogP contribution >= 0.6 is 22.7 Å². The van der Waals surface area contributed by atoms with Gasteiger partial charge in [0.2, 0.25) is 0 Å². The van der Waals surface area contributed by atoms with Crippen LogP contribution in [0.25, 0.3) is 6.08 Å². The Morgan fingerprint density at radius 1 is 1.37 bits per heavy atom. The first-order valence-electron chi connectivity index (χ1n) is 5.44. The monoisotopic (exact) mass is 293 g/mol. The summed E-state index contributed by atoms with van der Waals surface area (Å²) >= 11 is 2.92. The maximum atomic E-state index is 11.8. The van der Waals surface area contributed by atoms with Crippen molar-refractivity contribution >= 4 is 40.6 Å². The molecule has 0 fully saturated rings. The second-order valence-corrected chi connectivity index (χ2v) is 5.45. The van der Waals surface area contributed by atoms with E-state index in [0.717, 1.165) is 16.5 Å². The third kappa shape index (κ3) is 4.04. The minimum absolute atomic E-state index is 0.155. The molecule has 0 aliphatic carbocycles.